The van der Waals surface area contributed by atoms with Crippen LogP contribution in [0.3, 0.4) is 0 Å². The van der Waals surface area contributed by atoms with E-state index in [2.05, 4.69) is 10.1 Å². The fourth-order valence-electron chi connectivity index (χ4n) is 1.76. The fraction of sp³-hybridized carbons (Fsp3) is 0.154. The predicted molar refractivity (Wildman–Crippen MR) is 73.1 cm³/mol. The van der Waals surface area contributed by atoms with Crippen LogP contribution in [-0.2, 0) is 17.1 Å². The van der Waals surface area contributed by atoms with E-state index in [1.165, 1.54) is 0 Å². The second-order valence-electron chi connectivity index (χ2n) is 4.67. The molecule has 6 nitrogen and oxygen atoms in total. The van der Waals surface area contributed by atoms with Gasteiger partial charge in [-0.25, -0.2) is 15.5 Å². The summed E-state index contributed by atoms with van der Waals surface area (Å²) in [5, 5.41) is 3.70. The van der Waals surface area contributed by atoms with Crippen molar-refractivity contribution in [2.45, 2.75) is 12.4 Å². The largest absolute Gasteiger partial charge is 0.416 e. The number of carbonyl (C=O) groups excluding carboxylic acids is 1. The van der Waals surface area contributed by atoms with Crippen molar-refractivity contribution in [3.05, 3.63) is 41.7 Å². The number of hydrogen-bond acceptors (Lipinski definition) is 4. The first kappa shape index (κ1) is 18.4. The first-order valence-corrected chi connectivity index (χ1v) is 6.40. The van der Waals surface area contributed by atoms with Crippen molar-refractivity contribution in [1.29, 1.82) is 0 Å². The summed E-state index contributed by atoms with van der Waals surface area (Å²) in [5.74, 6) is 3.76. The molecule has 1 aromatic heterocycles. The quantitative estimate of drug-likeness (QED) is 0.288. The standard InChI is InChI=1S/C13H9F6N5O/c14-12(15,16)8-3-7(4-9(5-8)13(17,18)19)11-21-6-24(23-11)2-1-10(25)22-20/h1-6H,20H2,(H,22,25). The van der Waals surface area contributed by atoms with Crippen molar-refractivity contribution in [3.63, 3.8) is 0 Å². The summed E-state index contributed by atoms with van der Waals surface area (Å²) >= 11 is 0. The van der Waals surface area contributed by atoms with Crippen LogP contribution in [0, 0.1) is 0 Å². The number of hydrazine groups is 1. The number of nitrogens with zero attached hydrogens (tertiary/aromatic N) is 3. The maximum Gasteiger partial charge on any atom is 0.416 e. The number of halogens is 6. The molecular weight excluding hydrogens is 356 g/mol. The van der Waals surface area contributed by atoms with E-state index in [0.29, 0.717) is 12.1 Å². The topological polar surface area (TPSA) is 85.8 Å². The Balaban J connectivity index is 2.47. The van der Waals surface area contributed by atoms with Gasteiger partial charge in [-0.3, -0.25) is 10.2 Å². The van der Waals surface area contributed by atoms with Gasteiger partial charge in [-0.05, 0) is 18.2 Å². The van der Waals surface area contributed by atoms with Gasteiger partial charge in [-0.2, -0.15) is 26.3 Å². The second kappa shape index (κ2) is 6.55. The molecule has 1 amide bonds. The van der Waals surface area contributed by atoms with Gasteiger partial charge in [-0.1, -0.05) is 0 Å². The fourth-order valence-corrected chi connectivity index (χ4v) is 1.76. The Bertz CT molecular complexity index is 776. The van der Waals surface area contributed by atoms with Crippen LogP contribution < -0.4 is 11.3 Å². The van der Waals surface area contributed by atoms with E-state index in [9.17, 15) is 31.1 Å². The summed E-state index contributed by atoms with van der Waals surface area (Å²) in [7, 11) is 0. The summed E-state index contributed by atoms with van der Waals surface area (Å²) in [4.78, 5) is 14.6. The van der Waals surface area contributed by atoms with E-state index < -0.39 is 35.0 Å². The number of benzene rings is 1. The molecule has 25 heavy (non-hydrogen) atoms. The molecule has 0 aliphatic heterocycles. The lowest BCUT2D eigenvalue weighted by Gasteiger charge is -2.13. The Morgan fingerprint density at radius 3 is 2.12 bits per heavy atom. The van der Waals surface area contributed by atoms with E-state index in [0.717, 1.165) is 23.3 Å². The zero-order chi connectivity index (χ0) is 18.8. The summed E-state index contributed by atoms with van der Waals surface area (Å²) in [6, 6.07) is 1.02. The van der Waals surface area contributed by atoms with Crippen LogP contribution in [0.1, 0.15) is 11.1 Å². The lowest BCUT2D eigenvalue weighted by molar-refractivity contribution is -0.143. The number of rotatable bonds is 3. The van der Waals surface area contributed by atoms with Gasteiger partial charge in [0.15, 0.2) is 5.82 Å². The molecule has 0 spiro atoms. The lowest BCUT2D eigenvalue weighted by atomic mass is 10.0. The predicted octanol–water partition coefficient (Wildman–Crippen LogP) is 2.44. The van der Waals surface area contributed by atoms with Crippen molar-refractivity contribution in [3.8, 4) is 11.4 Å². The molecule has 0 aliphatic carbocycles. The minimum atomic E-state index is -4.97. The number of nitrogens with one attached hydrogen (secondary N) is 1. The van der Waals surface area contributed by atoms with E-state index in [1.807, 2.05) is 0 Å². The molecule has 0 fully saturated rings. The van der Waals surface area contributed by atoms with E-state index in [4.69, 9.17) is 5.84 Å². The van der Waals surface area contributed by atoms with Crippen LogP contribution >= 0.6 is 0 Å². The first-order chi connectivity index (χ1) is 11.5. The van der Waals surface area contributed by atoms with Crippen LogP contribution in [0.2, 0.25) is 0 Å². The molecule has 0 saturated carbocycles. The normalized spacial score (nSPS) is 12.6. The highest BCUT2D eigenvalue weighted by atomic mass is 19.4. The maximum absolute atomic E-state index is 12.8. The smallest absolute Gasteiger partial charge is 0.291 e. The Morgan fingerprint density at radius 1 is 1.08 bits per heavy atom. The highest BCUT2D eigenvalue weighted by Gasteiger charge is 2.37. The summed E-state index contributed by atoms with van der Waals surface area (Å²) in [5.41, 5.74) is -1.65. The average molecular weight is 365 g/mol. The van der Waals surface area contributed by atoms with Gasteiger partial charge >= 0.3 is 12.4 Å². The van der Waals surface area contributed by atoms with Crippen LogP contribution in [0.15, 0.2) is 30.6 Å². The highest BCUT2D eigenvalue weighted by Crippen LogP contribution is 2.37. The highest BCUT2D eigenvalue weighted by molar-refractivity contribution is 5.89. The van der Waals surface area contributed by atoms with Gasteiger partial charge in [0.1, 0.15) is 6.33 Å². The van der Waals surface area contributed by atoms with Gasteiger partial charge < -0.3 is 0 Å². The van der Waals surface area contributed by atoms with Gasteiger partial charge in [0.25, 0.3) is 5.91 Å². The molecule has 2 rings (SSSR count). The number of amides is 1. The number of aromatic nitrogens is 3. The van der Waals surface area contributed by atoms with Gasteiger partial charge in [0, 0.05) is 17.8 Å². The first-order valence-electron chi connectivity index (χ1n) is 6.40. The van der Waals surface area contributed by atoms with Crippen molar-refractivity contribution in [1.82, 2.24) is 20.2 Å². The third-order valence-electron chi connectivity index (χ3n) is 2.88. The van der Waals surface area contributed by atoms with Gasteiger partial charge in [-0.15, -0.1) is 5.10 Å². The molecule has 0 radical (unpaired) electrons. The minimum absolute atomic E-state index is 0.00593. The van der Waals surface area contributed by atoms with Gasteiger partial charge in [0.2, 0.25) is 0 Å². The molecule has 134 valence electrons. The molecule has 3 N–H and O–H groups in total. The zero-order valence-corrected chi connectivity index (χ0v) is 12.1. The van der Waals surface area contributed by atoms with E-state index in [1.54, 1.807) is 5.43 Å². The third-order valence-corrected chi connectivity index (χ3v) is 2.88. The lowest BCUT2D eigenvalue weighted by Crippen LogP contribution is -2.28. The Hall–Kier alpha value is -2.89. The SMILES string of the molecule is NNC(=O)C=Cn1cnc(-c2cc(C(F)(F)F)cc(C(F)(F)F)c2)n1. The molecule has 0 saturated heterocycles. The summed E-state index contributed by atoms with van der Waals surface area (Å²) < 4.78 is 77.9. The molecule has 1 heterocycles. The average Bonchev–Trinajstić information content (AvgIpc) is 2.99. The third kappa shape index (κ3) is 4.56. The van der Waals surface area contributed by atoms with E-state index in [-0.39, 0.29) is 11.9 Å². The van der Waals surface area contributed by atoms with Crippen molar-refractivity contribution < 1.29 is 31.1 Å². The molecule has 1 aromatic carbocycles. The molecule has 0 atom stereocenters. The monoisotopic (exact) mass is 365 g/mol. The number of alkyl halides is 6. The molecule has 0 bridgehead atoms. The summed E-state index contributed by atoms with van der Waals surface area (Å²) in [6.07, 6.45) is -6.94. The minimum Gasteiger partial charge on any atom is -0.291 e. The van der Waals surface area contributed by atoms with Crippen molar-refractivity contribution in [2.24, 2.45) is 5.84 Å². The second-order valence-corrected chi connectivity index (χ2v) is 4.67. The molecule has 12 heteroatoms. The molecule has 2 aromatic rings. The van der Waals surface area contributed by atoms with Crippen LogP contribution in [0.4, 0.5) is 26.3 Å². The Morgan fingerprint density at radius 2 is 1.64 bits per heavy atom. The Labute approximate surface area is 135 Å². The van der Waals surface area contributed by atoms with Crippen LogP contribution in [-0.4, -0.2) is 20.7 Å². The number of nitrogens with two attached hydrogens (primary N) is 1. The van der Waals surface area contributed by atoms with E-state index >= 15 is 0 Å². The maximum atomic E-state index is 12.8. The summed E-state index contributed by atoms with van der Waals surface area (Å²) in [6.45, 7) is 0. The van der Waals surface area contributed by atoms with Gasteiger partial charge in [0.05, 0.1) is 11.1 Å². The molecule has 0 unspecified atom stereocenters. The number of carbonyl (C=O) groups is 1. The molecule has 0 aliphatic rings. The molecular formula is C13H9F6N5O. The van der Waals surface area contributed by atoms with Crippen molar-refractivity contribution >= 4 is 12.1 Å². The van der Waals surface area contributed by atoms with Crippen molar-refractivity contribution in [2.75, 3.05) is 0 Å². The van der Waals surface area contributed by atoms with Crippen LogP contribution in [0.25, 0.3) is 17.6 Å². The van der Waals surface area contributed by atoms with Crippen LogP contribution in [0.5, 0.6) is 0 Å². The number of hydrogen-bond donors (Lipinski definition) is 2. The Kier molecular flexibility index (Phi) is 4.83. The zero-order valence-electron chi connectivity index (χ0n) is 12.1.